The van der Waals surface area contributed by atoms with Gasteiger partial charge in [0.15, 0.2) is 0 Å². The molecule has 0 saturated heterocycles. The number of hydrogen-bond acceptors (Lipinski definition) is 3. The number of nitrogens with zero attached hydrogens (tertiary/aromatic N) is 2. The number of fused-ring (bicyclic) bond motifs is 2. The van der Waals surface area contributed by atoms with E-state index in [4.69, 9.17) is 9.72 Å². The van der Waals surface area contributed by atoms with Crippen molar-refractivity contribution in [2.24, 2.45) is 0 Å². The van der Waals surface area contributed by atoms with Crippen molar-refractivity contribution in [1.82, 2.24) is 9.97 Å². The second kappa shape index (κ2) is 10.5. The van der Waals surface area contributed by atoms with E-state index in [0.717, 1.165) is 44.1 Å². The van der Waals surface area contributed by atoms with Crippen molar-refractivity contribution in [3.05, 3.63) is 121 Å². The zero-order valence-corrected chi connectivity index (χ0v) is 23.7. The van der Waals surface area contributed by atoms with Crippen LogP contribution < -0.4 is 4.74 Å². The number of benzene rings is 4. The Labute approximate surface area is 237 Å². The molecule has 0 aliphatic carbocycles. The maximum atomic E-state index is 6.35. The number of rotatable bonds is 4. The topological polar surface area (TPSA) is 35.0 Å². The minimum absolute atomic E-state index is 0. The van der Waals surface area contributed by atoms with Crippen molar-refractivity contribution in [1.29, 1.82) is 0 Å². The Bertz CT molecular complexity index is 1750. The van der Waals surface area contributed by atoms with Gasteiger partial charge in [0, 0.05) is 23.9 Å². The van der Waals surface area contributed by atoms with Crippen molar-refractivity contribution in [3.63, 3.8) is 0 Å². The normalized spacial score (nSPS) is 11.3. The summed E-state index contributed by atoms with van der Waals surface area (Å²) >= 11 is 0. The molecule has 188 valence electrons. The Morgan fingerprint density at radius 1 is 0.658 bits per heavy atom. The molecule has 3 nitrogen and oxygen atoms in total. The zero-order chi connectivity index (χ0) is 25.4. The first-order valence-corrected chi connectivity index (χ1v) is 12.4. The molecule has 4 aromatic carbocycles. The fraction of sp³-hybridized carbons (Fsp3) is 0.118. The molecule has 6 rings (SSSR count). The smallest absolute Gasteiger partial charge is 0.497 e. The van der Waals surface area contributed by atoms with Crippen LogP contribution in [0.3, 0.4) is 0 Å². The minimum atomic E-state index is 0. The molecule has 2 aromatic heterocycles. The Kier molecular flexibility index (Phi) is 7.14. The predicted molar refractivity (Wildman–Crippen MR) is 151 cm³/mol. The molecule has 4 heteroatoms. The summed E-state index contributed by atoms with van der Waals surface area (Å²) in [4.78, 5) is 9.35. The zero-order valence-electron chi connectivity index (χ0n) is 21.4. The fourth-order valence-corrected chi connectivity index (χ4v) is 4.61. The first kappa shape index (κ1) is 25.8. The minimum Gasteiger partial charge on any atom is -0.497 e. The summed E-state index contributed by atoms with van der Waals surface area (Å²) in [7, 11) is 0. The van der Waals surface area contributed by atoms with Crippen LogP contribution in [0, 0.1) is 12.1 Å². The van der Waals surface area contributed by atoms with Gasteiger partial charge in [0.25, 0.3) is 0 Å². The molecule has 0 saturated carbocycles. The molecule has 6 aromatic rings. The van der Waals surface area contributed by atoms with E-state index in [0.29, 0.717) is 11.5 Å². The van der Waals surface area contributed by atoms with Crippen LogP contribution in [0.1, 0.15) is 26.3 Å². The molecule has 2 heterocycles. The van der Waals surface area contributed by atoms with E-state index in [9.17, 15) is 0 Å². The van der Waals surface area contributed by atoms with Gasteiger partial charge < -0.3 is 14.7 Å². The monoisotopic (exact) mass is 673 g/mol. The van der Waals surface area contributed by atoms with Crippen LogP contribution in [0.4, 0.5) is 0 Å². The molecule has 0 atom stereocenters. The van der Waals surface area contributed by atoms with E-state index in [-0.39, 0.29) is 26.5 Å². The second-order valence-electron chi connectivity index (χ2n) is 10.2. The molecule has 0 N–H and O–H groups in total. The van der Waals surface area contributed by atoms with Crippen molar-refractivity contribution < 1.29 is 25.8 Å². The third-order valence-electron chi connectivity index (χ3n) is 6.56. The quantitative estimate of drug-likeness (QED) is 0.176. The first-order chi connectivity index (χ1) is 18.0. The summed E-state index contributed by atoms with van der Waals surface area (Å²) in [6.07, 6.45) is 3.71. The first-order valence-electron chi connectivity index (χ1n) is 12.4. The second-order valence-corrected chi connectivity index (χ2v) is 10.2. The van der Waals surface area contributed by atoms with Gasteiger partial charge in [-0.3, -0.25) is 0 Å². The summed E-state index contributed by atoms with van der Waals surface area (Å²) in [5.74, 6) is 1.23. The van der Waals surface area contributed by atoms with Crippen LogP contribution in [0.5, 0.6) is 11.5 Å². The largest absolute Gasteiger partial charge is 2.00 e. The van der Waals surface area contributed by atoms with Gasteiger partial charge in [-0.05, 0) is 45.3 Å². The van der Waals surface area contributed by atoms with Crippen LogP contribution in [-0.2, 0) is 26.5 Å². The van der Waals surface area contributed by atoms with Crippen LogP contribution in [-0.4, -0.2) is 9.97 Å². The van der Waals surface area contributed by atoms with Gasteiger partial charge in [-0.2, -0.15) is 0 Å². The Morgan fingerprint density at radius 3 is 2.21 bits per heavy atom. The van der Waals surface area contributed by atoms with Crippen molar-refractivity contribution in [3.8, 4) is 34.0 Å². The van der Waals surface area contributed by atoms with E-state index >= 15 is 0 Å². The average molecular weight is 674 g/mol. The standard InChI is InChI=1S/C34H26N2O.Pt/c1-34(2,3)26-16-18-35-32(21-26)31-22-28(19-24-10-5-6-13-29(24)31)37-27-12-8-11-25(20-27)33-30-14-7-4-9-23(30)15-17-36-33;/h4-19,21H,1-3H3;/q-2;+2. The van der Waals surface area contributed by atoms with Crippen molar-refractivity contribution in [2.75, 3.05) is 0 Å². The van der Waals surface area contributed by atoms with Gasteiger partial charge in [-0.1, -0.05) is 104 Å². The number of aromatic nitrogens is 2. The molecule has 0 aliphatic heterocycles. The van der Waals surface area contributed by atoms with E-state index in [1.54, 1.807) is 0 Å². The number of ether oxygens (including phenoxy) is 1. The fourth-order valence-electron chi connectivity index (χ4n) is 4.61. The van der Waals surface area contributed by atoms with E-state index in [2.05, 4.69) is 74.3 Å². The Morgan fingerprint density at radius 2 is 1.39 bits per heavy atom. The maximum absolute atomic E-state index is 6.35. The average Bonchev–Trinajstić information content (AvgIpc) is 2.92. The van der Waals surface area contributed by atoms with E-state index in [1.807, 2.05) is 67.0 Å². The predicted octanol–water partition coefficient (Wildman–Crippen LogP) is 8.80. The van der Waals surface area contributed by atoms with Gasteiger partial charge in [0.2, 0.25) is 0 Å². The van der Waals surface area contributed by atoms with Crippen LogP contribution >= 0.6 is 0 Å². The van der Waals surface area contributed by atoms with Gasteiger partial charge in [-0.15, -0.1) is 29.3 Å². The maximum Gasteiger partial charge on any atom is 2.00 e. The van der Waals surface area contributed by atoms with Gasteiger partial charge >= 0.3 is 21.1 Å². The van der Waals surface area contributed by atoms with Crippen LogP contribution in [0.2, 0.25) is 0 Å². The molecular weight excluding hydrogens is 647 g/mol. The number of hydrogen-bond donors (Lipinski definition) is 0. The third kappa shape index (κ3) is 5.12. The number of pyridine rings is 2. The summed E-state index contributed by atoms with van der Waals surface area (Å²) < 4.78 is 6.35. The molecule has 0 unspecified atom stereocenters. The summed E-state index contributed by atoms with van der Waals surface area (Å²) in [6.45, 7) is 6.63. The van der Waals surface area contributed by atoms with E-state index in [1.165, 1.54) is 5.56 Å². The molecule has 0 amide bonds. The molecular formula is C34H26N2OPt. The SMILES string of the molecule is CC(C)(C)c1ccnc(-c2[c-]c(Oc3[c-]c(-c4nccc5ccccc45)ccc3)cc3ccccc23)c1.[Pt+2]. The van der Waals surface area contributed by atoms with Crippen molar-refractivity contribution in [2.45, 2.75) is 26.2 Å². The molecule has 0 spiro atoms. The summed E-state index contributed by atoms with van der Waals surface area (Å²) in [5, 5.41) is 4.39. The molecule has 0 aliphatic rings. The van der Waals surface area contributed by atoms with Crippen LogP contribution in [0.15, 0.2) is 103 Å². The molecule has 0 fully saturated rings. The summed E-state index contributed by atoms with van der Waals surface area (Å²) in [6, 6.07) is 37.6. The summed E-state index contributed by atoms with van der Waals surface area (Å²) in [5.41, 5.74) is 4.82. The van der Waals surface area contributed by atoms with Crippen LogP contribution in [0.25, 0.3) is 44.1 Å². The van der Waals surface area contributed by atoms with Gasteiger partial charge in [0.1, 0.15) is 0 Å². The molecule has 0 radical (unpaired) electrons. The molecule has 0 bridgehead atoms. The van der Waals surface area contributed by atoms with E-state index < -0.39 is 0 Å². The van der Waals surface area contributed by atoms with Gasteiger partial charge in [0.05, 0.1) is 0 Å². The Balaban J connectivity index is 0.00000294. The van der Waals surface area contributed by atoms with Gasteiger partial charge in [-0.25, -0.2) is 0 Å². The van der Waals surface area contributed by atoms with Crippen molar-refractivity contribution >= 4 is 21.5 Å². The molecule has 38 heavy (non-hydrogen) atoms. The Hall–Kier alpha value is -3.81. The third-order valence-corrected chi connectivity index (χ3v) is 6.56.